The Bertz CT molecular complexity index is 2290. The van der Waals surface area contributed by atoms with E-state index in [4.69, 9.17) is 47.4 Å². The second-order valence-corrected chi connectivity index (χ2v) is 13.7. The van der Waals surface area contributed by atoms with Gasteiger partial charge in [-0.05, 0) is 60.7 Å². The summed E-state index contributed by atoms with van der Waals surface area (Å²) in [4.78, 5) is 11.8. The summed E-state index contributed by atoms with van der Waals surface area (Å²) in [5.41, 5.74) is 8.33. The topological polar surface area (TPSA) is 130 Å². The van der Waals surface area contributed by atoms with E-state index in [0.717, 1.165) is 50.1 Å². The Hall–Kier alpha value is -6.43. The molecule has 58 heavy (non-hydrogen) atoms. The van der Waals surface area contributed by atoms with Crippen molar-refractivity contribution in [2.24, 2.45) is 0 Å². The molecule has 306 valence electrons. The number of hydrogen-bond donors (Lipinski definition) is 1. The molecule has 0 aromatic heterocycles. The van der Waals surface area contributed by atoms with Crippen LogP contribution < -0.4 is 47.4 Å². The quantitative estimate of drug-likeness (QED) is 0.132. The Labute approximate surface area is 339 Å². The smallest absolute Gasteiger partial charge is 0.341 e. The van der Waals surface area contributed by atoms with Gasteiger partial charge >= 0.3 is 5.97 Å². The first-order chi connectivity index (χ1) is 28.1. The van der Waals surface area contributed by atoms with Gasteiger partial charge in [-0.15, -0.1) is 0 Å². The Morgan fingerprint density at radius 2 is 0.500 bits per heavy atom. The third-order valence-corrected chi connectivity index (χ3v) is 10.5. The van der Waals surface area contributed by atoms with E-state index in [1.807, 2.05) is 60.7 Å². The van der Waals surface area contributed by atoms with Crippen molar-refractivity contribution in [1.82, 2.24) is 0 Å². The predicted molar refractivity (Wildman–Crippen MR) is 218 cm³/mol. The van der Waals surface area contributed by atoms with Crippen LogP contribution in [0.5, 0.6) is 57.5 Å². The monoisotopic (exact) mass is 794 g/mol. The SMILES string of the molecule is COc1cc2c(OC)cc1Cc1cc(OC)c(cc1OC)Cc1cc(OC)c(cc1OC)Cc1cc(OC)c(cc1OCC(=O)O)Cc1cc(OC)c(cc1OC)C2. The van der Waals surface area contributed by atoms with Crippen LogP contribution >= 0.6 is 0 Å². The molecule has 10 bridgehead atoms. The second-order valence-electron chi connectivity index (χ2n) is 13.7. The molecule has 15 rings (SSSR count). The average Bonchev–Trinajstić information content (AvgIpc) is 3.23. The van der Waals surface area contributed by atoms with E-state index in [9.17, 15) is 9.90 Å². The lowest BCUT2D eigenvalue weighted by Crippen LogP contribution is -2.12. The molecule has 10 aliphatic rings. The average molecular weight is 795 g/mol. The Balaban J connectivity index is 1.62. The Morgan fingerprint density at radius 1 is 0.345 bits per heavy atom. The number of carboxylic acids is 1. The van der Waals surface area contributed by atoms with Gasteiger partial charge in [-0.2, -0.15) is 0 Å². The third-order valence-electron chi connectivity index (χ3n) is 10.5. The van der Waals surface area contributed by atoms with E-state index in [2.05, 4.69) is 0 Å². The van der Waals surface area contributed by atoms with Crippen LogP contribution in [0.4, 0.5) is 0 Å². The lowest BCUT2D eigenvalue weighted by atomic mass is 9.94. The zero-order chi connectivity index (χ0) is 41.5. The Kier molecular flexibility index (Phi) is 12.9. The van der Waals surface area contributed by atoms with Gasteiger partial charge in [-0.25, -0.2) is 4.79 Å². The highest BCUT2D eigenvalue weighted by Gasteiger charge is 2.23. The molecule has 0 fully saturated rings. The fourth-order valence-corrected chi connectivity index (χ4v) is 7.61. The zero-order valence-corrected chi connectivity index (χ0v) is 34.5. The van der Waals surface area contributed by atoms with Crippen LogP contribution in [0.2, 0.25) is 0 Å². The summed E-state index contributed by atoms with van der Waals surface area (Å²) in [5, 5.41) is 9.62. The number of methoxy groups -OCH3 is 9. The van der Waals surface area contributed by atoms with Crippen LogP contribution in [0.1, 0.15) is 55.6 Å². The highest BCUT2D eigenvalue weighted by molar-refractivity contribution is 5.69. The molecule has 0 aliphatic heterocycles. The molecule has 0 atom stereocenters. The minimum Gasteiger partial charge on any atom is -0.496 e. The minimum absolute atomic E-state index is 0.315. The number of benzene rings is 5. The summed E-state index contributed by atoms with van der Waals surface area (Å²) in [7, 11) is 14.7. The van der Waals surface area contributed by atoms with Gasteiger partial charge in [0.05, 0.1) is 64.0 Å². The van der Waals surface area contributed by atoms with Crippen molar-refractivity contribution < 1.29 is 57.3 Å². The molecular weight excluding hydrogens is 744 g/mol. The van der Waals surface area contributed by atoms with E-state index in [1.165, 1.54) is 0 Å². The van der Waals surface area contributed by atoms with Crippen molar-refractivity contribution in [2.45, 2.75) is 32.1 Å². The maximum absolute atomic E-state index is 11.8. The van der Waals surface area contributed by atoms with Crippen molar-refractivity contribution in [2.75, 3.05) is 70.6 Å². The molecule has 0 heterocycles. The van der Waals surface area contributed by atoms with E-state index in [-0.39, 0.29) is 0 Å². The normalized spacial score (nSPS) is 12.1. The molecule has 12 heteroatoms. The summed E-state index contributed by atoms with van der Waals surface area (Å²) >= 11 is 0. The van der Waals surface area contributed by atoms with Gasteiger partial charge in [0, 0.05) is 87.7 Å². The maximum atomic E-state index is 11.8. The highest BCUT2D eigenvalue weighted by Crippen LogP contribution is 2.42. The number of carboxylic acid groups (broad SMARTS) is 1. The van der Waals surface area contributed by atoms with Crippen LogP contribution in [0.3, 0.4) is 0 Å². The minimum atomic E-state index is -1.10. The molecule has 0 spiro atoms. The van der Waals surface area contributed by atoms with Crippen molar-refractivity contribution in [1.29, 1.82) is 0 Å². The largest absolute Gasteiger partial charge is 0.496 e. The van der Waals surface area contributed by atoms with Crippen molar-refractivity contribution in [3.8, 4) is 57.5 Å². The van der Waals surface area contributed by atoms with Gasteiger partial charge in [0.15, 0.2) is 6.61 Å². The molecule has 12 nitrogen and oxygen atoms in total. The highest BCUT2D eigenvalue weighted by atomic mass is 16.5. The lowest BCUT2D eigenvalue weighted by molar-refractivity contribution is -0.139. The number of ether oxygens (including phenoxy) is 10. The molecule has 0 saturated heterocycles. The lowest BCUT2D eigenvalue weighted by Gasteiger charge is -2.20. The van der Waals surface area contributed by atoms with Gasteiger partial charge in [-0.1, -0.05) is 0 Å². The van der Waals surface area contributed by atoms with Gasteiger partial charge < -0.3 is 52.5 Å². The van der Waals surface area contributed by atoms with E-state index < -0.39 is 12.6 Å². The van der Waals surface area contributed by atoms with E-state index in [0.29, 0.717) is 95.2 Å². The van der Waals surface area contributed by atoms with Crippen LogP contribution in [0, 0.1) is 0 Å². The molecule has 5 aromatic carbocycles. The Morgan fingerprint density at radius 3 is 0.655 bits per heavy atom. The van der Waals surface area contributed by atoms with Gasteiger partial charge in [0.2, 0.25) is 0 Å². The van der Waals surface area contributed by atoms with Crippen molar-refractivity contribution in [3.63, 3.8) is 0 Å². The first-order valence-corrected chi connectivity index (χ1v) is 18.6. The number of carbonyl (C=O) groups is 1. The molecule has 10 aliphatic carbocycles. The first-order valence-electron chi connectivity index (χ1n) is 18.6. The maximum Gasteiger partial charge on any atom is 0.341 e. The number of hydrogen-bond acceptors (Lipinski definition) is 11. The van der Waals surface area contributed by atoms with E-state index >= 15 is 0 Å². The number of aliphatic carboxylic acids is 1. The standard InChI is InChI=1S/C46H50O12/c1-49-36-17-28-11-30-19-41(54-6)32(21-40(30)53-5)13-34-24-45(58-25-46(47)48)35(23-44(34)57-9)14-33-22-42(55-7)31(20-43(33)56-8)12-29-18-38(51-3)27(16-39(29)52-4)10-26(36)15-37(28)50-2/h15-24H,10-14,25H2,1-9H3,(H,47,48). The summed E-state index contributed by atoms with van der Waals surface area (Å²) in [5.74, 6) is 5.09. The number of rotatable bonds is 12. The predicted octanol–water partition coefficient (Wildman–Crippen LogP) is 7.49. The third kappa shape index (κ3) is 8.61. The van der Waals surface area contributed by atoms with Gasteiger partial charge in [-0.3, -0.25) is 0 Å². The summed E-state index contributed by atoms with van der Waals surface area (Å²) in [6.45, 7) is -0.538. The van der Waals surface area contributed by atoms with Crippen molar-refractivity contribution >= 4 is 5.97 Å². The van der Waals surface area contributed by atoms with Crippen LogP contribution in [0.25, 0.3) is 0 Å². The summed E-state index contributed by atoms with van der Waals surface area (Å²) in [6, 6.07) is 19.4. The van der Waals surface area contributed by atoms with Gasteiger partial charge in [0.1, 0.15) is 57.5 Å². The first kappa shape index (κ1) is 41.2. The molecule has 0 saturated carbocycles. The molecule has 0 unspecified atom stereocenters. The van der Waals surface area contributed by atoms with Crippen LogP contribution in [-0.4, -0.2) is 81.7 Å². The molecular formula is C46H50O12. The molecule has 0 amide bonds. The van der Waals surface area contributed by atoms with Crippen LogP contribution in [0.15, 0.2) is 60.7 Å². The van der Waals surface area contributed by atoms with Gasteiger partial charge in [0.25, 0.3) is 0 Å². The zero-order valence-electron chi connectivity index (χ0n) is 34.5. The second kappa shape index (κ2) is 18.2. The summed E-state index contributed by atoms with van der Waals surface area (Å²) < 4.78 is 59.6. The molecule has 1 N–H and O–H groups in total. The molecule has 5 aromatic rings. The van der Waals surface area contributed by atoms with Crippen molar-refractivity contribution in [3.05, 3.63) is 116 Å². The molecule has 0 radical (unpaired) electrons. The fourth-order valence-electron chi connectivity index (χ4n) is 7.61. The van der Waals surface area contributed by atoms with Crippen LogP contribution in [-0.2, 0) is 36.9 Å². The summed E-state index contributed by atoms with van der Waals surface area (Å²) in [6.07, 6.45) is 2.03. The fraction of sp³-hybridized carbons (Fsp3) is 0.326. The van der Waals surface area contributed by atoms with E-state index in [1.54, 1.807) is 64.0 Å².